The van der Waals surface area contributed by atoms with Crippen LogP contribution in [0.15, 0.2) is 24.3 Å². The van der Waals surface area contributed by atoms with Gasteiger partial charge in [0.15, 0.2) is 0 Å². The lowest BCUT2D eigenvalue weighted by molar-refractivity contribution is -0.155. The molecule has 1 aromatic rings. The smallest absolute Gasteiger partial charge is 0.311 e. The lowest BCUT2D eigenvalue weighted by Crippen LogP contribution is -2.52. The maximum atomic E-state index is 13.7. The number of benzene rings is 1. The van der Waals surface area contributed by atoms with Crippen LogP contribution < -0.4 is 10.2 Å². The lowest BCUT2D eigenvalue weighted by atomic mass is 9.66. The fourth-order valence-electron chi connectivity index (χ4n) is 6.22. The van der Waals surface area contributed by atoms with E-state index in [9.17, 15) is 19.5 Å². The molecule has 9 heteroatoms. The Morgan fingerprint density at radius 1 is 1.21 bits per heavy atom. The third-order valence-corrected chi connectivity index (χ3v) is 9.66. The summed E-state index contributed by atoms with van der Waals surface area (Å²) in [7, 11) is 0. The Morgan fingerprint density at radius 2 is 1.88 bits per heavy atom. The Bertz CT molecular complexity index is 952. The first-order valence-corrected chi connectivity index (χ1v) is 13.0. The van der Waals surface area contributed by atoms with Gasteiger partial charge in [0, 0.05) is 35.8 Å². The van der Waals surface area contributed by atoms with E-state index in [4.69, 9.17) is 4.74 Å². The van der Waals surface area contributed by atoms with Crippen LogP contribution in [0.5, 0.6) is 0 Å². The van der Waals surface area contributed by atoms with Gasteiger partial charge in [0.1, 0.15) is 6.04 Å². The summed E-state index contributed by atoms with van der Waals surface area (Å²) in [4.78, 5) is 43.9. The highest BCUT2D eigenvalue weighted by atomic mass is 32.2. The molecule has 3 aliphatic rings. The highest BCUT2D eigenvalue weighted by molar-refractivity contribution is 8.02. The second kappa shape index (κ2) is 9.41. The van der Waals surface area contributed by atoms with Crippen LogP contribution in [0.3, 0.4) is 0 Å². The van der Waals surface area contributed by atoms with Crippen LogP contribution in [0.2, 0.25) is 0 Å². The number of nitrogens with zero attached hydrogens (tertiary/aromatic N) is 2. The third-order valence-electron chi connectivity index (χ3n) is 7.67. The number of amides is 2. The van der Waals surface area contributed by atoms with Crippen molar-refractivity contribution in [1.29, 1.82) is 0 Å². The summed E-state index contributed by atoms with van der Waals surface area (Å²) >= 11 is 1.59. The molecule has 3 heterocycles. The summed E-state index contributed by atoms with van der Waals surface area (Å²) in [5, 5.41) is 12.7. The number of fused-ring (bicyclic) bond motifs is 1. The number of ether oxygens (including phenoxy) is 1. The molecule has 2 N–H and O–H groups in total. The van der Waals surface area contributed by atoms with Crippen LogP contribution in [-0.4, -0.2) is 76.2 Å². The molecule has 1 aromatic carbocycles. The Kier molecular flexibility index (Phi) is 6.88. The second-order valence-electron chi connectivity index (χ2n) is 9.44. The van der Waals surface area contributed by atoms with Crippen molar-refractivity contribution in [3.05, 3.63) is 24.3 Å². The number of rotatable bonds is 9. The van der Waals surface area contributed by atoms with Gasteiger partial charge in [0.05, 0.1) is 29.8 Å². The van der Waals surface area contributed by atoms with Gasteiger partial charge in [-0.05, 0) is 64.8 Å². The molecule has 4 rings (SSSR count). The van der Waals surface area contributed by atoms with E-state index < -0.39 is 27.4 Å². The number of β-amino-alcohol motifs (C(OH)–C–C–N with tert-alkyl or cyclic N) is 1. The number of carbonyl (C=O) groups excluding carboxylic acids is 3. The van der Waals surface area contributed by atoms with Crippen LogP contribution in [0.1, 0.15) is 40.5 Å². The van der Waals surface area contributed by atoms with Gasteiger partial charge in [0.2, 0.25) is 11.8 Å². The standard InChI is InChI=1S/C25H35N3O5S/c1-5-27(6-2)17-10-8-16(9-11-17)26-21(30)20-25-13-12-24(4,34-25)19(23(32)33-7-3)18(25)22(31)28(20)14-15-29/h8-11,18-20,29H,5-7,12-15H2,1-4H3,(H,26,30)/t18-,19-,20?,24+,25?/m0/s1. The van der Waals surface area contributed by atoms with Gasteiger partial charge in [-0.1, -0.05) is 0 Å². The SMILES string of the molecule is CCOC(=O)[C@@H]1[C@H]2C(=O)N(CCO)C(C(=O)Nc3ccc(N(CC)CC)cc3)C23CC[C@@]1(C)S3. The summed E-state index contributed by atoms with van der Waals surface area (Å²) in [6, 6.07) is 6.93. The van der Waals surface area contributed by atoms with Crippen molar-refractivity contribution in [1.82, 2.24) is 4.90 Å². The number of anilines is 2. The number of aliphatic hydroxyl groups is 1. The number of thioether (sulfide) groups is 1. The molecule has 8 nitrogen and oxygen atoms in total. The zero-order valence-corrected chi connectivity index (χ0v) is 21.2. The largest absolute Gasteiger partial charge is 0.466 e. The van der Waals surface area contributed by atoms with E-state index in [0.29, 0.717) is 12.1 Å². The van der Waals surface area contributed by atoms with Crippen molar-refractivity contribution in [2.75, 3.05) is 43.1 Å². The summed E-state index contributed by atoms with van der Waals surface area (Å²) in [6.45, 7) is 9.81. The lowest BCUT2D eigenvalue weighted by Gasteiger charge is -2.34. The van der Waals surface area contributed by atoms with Crippen LogP contribution in [0, 0.1) is 11.8 Å². The fourth-order valence-corrected chi connectivity index (χ4v) is 8.56. The normalized spacial score (nSPS) is 31.5. The highest BCUT2D eigenvalue weighted by Gasteiger charge is 2.77. The van der Waals surface area contributed by atoms with Crippen molar-refractivity contribution >= 4 is 40.9 Å². The van der Waals surface area contributed by atoms with E-state index in [1.807, 2.05) is 31.2 Å². The first kappa shape index (κ1) is 24.9. The summed E-state index contributed by atoms with van der Waals surface area (Å²) in [5.74, 6) is -2.09. The van der Waals surface area contributed by atoms with E-state index in [1.54, 1.807) is 18.7 Å². The first-order valence-electron chi connectivity index (χ1n) is 12.2. The minimum atomic E-state index is -0.758. The average molecular weight is 490 g/mol. The molecular weight excluding hydrogens is 454 g/mol. The molecule has 186 valence electrons. The molecule has 3 saturated heterocycles. The minimum Gasteiger partial charge on any atom is -0.466 e. The molecule has 2 amide bonds. The molecule has 0 aliphatic carbocycles. The maximum Gasteiger partial charge on any atom is 0.311 e. The Morgan fingerprint density at radius 3 is 2.47 bits per heavy atom. The zero-order chi connectivity index (χ0) is 24.7. The van der Waals surface area contributed by atoms with Crippen LogP contribution >= 0.6 is 11.8 Å². The van der Waals surface area contributed by atoms with Crippen molar-refractivity contribution in [2.24, 2.45) is 11.8 Å². The maximum absolute atomic E-state index is 13.7. The molecule has 0 saturated carbocycles. The van der Waals surface area contributed by atoms with Crippen LogP contribution in [-0.2, 0) is 19.1 Å². The van der Waals surface area contributed by atoms with Gasteiger partial charge in [-0.25, -0.2) is 0 Å². The predicted octanol–water partition coefficient (Wildman–Crippen LogP) is 2.51. The quantitative estimate of drug-likeness (QED) is 0.514. The van der Waals surface area contributed by atoms with Gasteiger partial charge in [-0.2, -0.15) is 0 Å². The average Bonchev–Trinajstić information content (AvgIpc) is 3.37. The highest BCUT2D eigenvalue weighted by Crippen LogP contribution is 2.71. The van der Waals surface area contributed by atoms with Gasteiger partial charge in [0.25, 0.3) is 0 Å². The number of hydrogen-bond donors (Lipinski definition) is 2. The van der Waals surface area contributed by atoms with Crippen molar-refractivity contribution < 1.29 is 24.2 Å². The van der Waals surface area contributed by atoms with Crippen molar-refractivity contribution in [3.63, 3.8) is 0 Å². The van der Waals surface area contributed by atoms with Gasteiger partial charge in [-0.3, -0.25) is 14.4 Å². The van der Waals surface area contributed by atoms with Gasteiger partial charge >= 0.3 is 5.97 Å². The summed E-state index contributed by atoms with van der Waals surface area (Å²) in [6.07, 6.45) is 1.40. The molecule has 34 heavy (non-hydrogen) atoms. The number of esters is 1. The summed E-state index contributed by atoms with van der Waals surface area (Å²) < 4.78 is 4.21. The fraction of sp³-hybridized carbons (Fsp3) is 0.640. The molecule has 0 radical (unpaired) electrons. The van der Waals surface area contributed by atoms with Crippen LogP contribution in [0.4, 0.5) is 11.4 Å². The molecule has 2 unspecified atom stereocenters. The minimum absolute atomic E-state index is 0.0584. The number of carbonyl (C=O) groups is 3. The van der Waals surface area contributed by atoms with Crippen molar-refractivity contribution in [3.8, 4) is 0 Å². The molecule has 2 bridgehead atoms. The van der Waals surface area contributed by atoms with Crippen molar-refractivity contribution in [2.45, 2.75) is 56.1 Å². The number of aliphatic hydroxyl groups excluding tert-OH is 1. The van der Waals surface area contributed by atoms with Gasteiger partial charge < -0.3 is 25.0 Å². The van der Waals surface area contributed by atoms with E-state index in [-0.39, 0.29) is 37.5 Å². The molecule has 1 spiro atoms. The Balaban J connectivity index is 1.63. The number of nitrogens with one attached hydrogen (secondary N) is 1. The summed E-state index contributed by atoms with van der Waals surface area (Å²) in [5.41, 5.74) is 1.73. The topological polar surface area (TPSA) is 99.2 Å². The van der Waals surface area contributed by atoms with Crippen LogP contribution in [0.25, 0.3) is 0 Å². The van der Waals surface area contributed by atoms with E-state index in [0.717, 1.165) is 25.2 Å². The van der Waals surface area contributed by atoms with E-state index >= 15 is 0 Å². The number of likely N-dealkylation sites (tertiary alicyclic amines) is 1. The van der Waals surface area contributed by atoms with E-state index in [1.165, 1.54) is 4.90 Å². The molecular formula is C25H35N3O5S. The second-order valence-corrected chi connectivity index (χ2v) is 11.3. The third kappa shape index (κ3) is 3.77. The predicted molar refractivity (Wildman–Crippen MR) is 133 cm³/mol. The molecule has 0 aromatic heterocycles. The number of hydrogen-bond acceptors (Lipinski definition) is 7. The zero-order valence-electron chi connectivity index (χ0n) is 20.4. The Labute approximate surface area is 205 Å². The molecule has 3 aliphatic heterocycles. The Hall–Kier alpha value is -2.26. The molecule has 5 atom stereocenters. The molecule has 3 fully saturated rings. The van der Waals surface area contributed by atoms with Gasteiger partial charge in [-0.15, -0.1) is 11.8 Å². The monoisotopic (exact) mass is 489 g/mol. The first-order chi connectivity index (χ1) is 16.3. The van der Waals surface area contributed by atoms with E-state index in [2.05, 4.69) is 24.1 Å².